The van der Waals surface area contributed by atoms with Crippen molar-refractivity contribution in [1.29, 1.82) is 5.26 Å². The van der Waals surface area contributed by atoms with Crippen LogP contribution in [0.3, 0.4) is 0 Å². The molecule has 4 aliphatic carbocycles. The van der Waals surface area contributed by atoms with E-state index in [0.29, 0.717) is 17.4 Å². The Morgan fingerprint density at radius 1 is 1.08 bits per heavy atom. The summed E-state index contributed by atoms with van der Waals surface area (Å²) in [5.41, 5.74) is 1.92. The molecule has 1 aromatic carbocycles. The normalized spacial score (nSPS) is 38.2. The van der Waals surface area contributed by atoms with Gasteiger partial charge in [0, 0.05) is 26.2 Å². The van der Waals surface area contributed by atoms with Gasteiger partial charge in [0.25, 0.3) is 0 Å². The molecule has 0 saturated heterocycles. The summed E-state index contributed by atoms with van der Waals surface area (Å²) in [6.45, 7) is 8.51. The topological polar surface area (TPSA) is 53.3 Å². The maximum Gasteiger partial charge on any atom is 0.226 e. The van der Waals surface area contributed by atoms with Crippen LogP contribution in [0.2, 0.25) is 0 Å². The first-order valence-electron chi connectivity index (χ1n) is 14.7. The zero-order chi connectivity index (χ0) is 25.4. The van der Waals surface area contributed by atoms with E-state index in [1.54, 1.807) is 0 Å². The maximum atomic E-state index is 13.9. The van der Waals surface area contributed by atoms with Crippen LogP contribution in [0.5, 0.6) is 0 Å². The molecule has 0 heterocycles. The van der Waals surface area contributed by atoms with Crippen LogP contribution in [0.4, 0.5) is 0 Å². The van der Waals surface area contributed by atoms with E-state index in [4.69, 9.17) is 10.00 Å². The average Bonchev–Trinajstić information content (AvgIpc) is 3.27. The summed E-state index contributed by atoms with van der Waals surface area (Å²) in [6, 6.07) is 9.93. The summed E-state index contributed by atoms with van der Waals surface area (Å²) in [7, 11) is 1.99. The quantitative estimate of drug-likeness (QED) is 0.431. The van der Waals surface area contributed by atoms with E-state index in [0.717, 1.165) is 54.8 Å². The van der Waals surface area contributed by atoms with Crippen LogP contribution in [-0.4, -0.2) is 31.1 Å². The molecule has 196 valence electrons. The van der Waals surface area contributed by atoms with Crippen molar-refractivity contribution in [3.8, 4) is 6.07 Å². The number of fused-ring (bicyclic) bond motifs is 5. The maximum absolute atomic E-state index is 13.9. The van der Waals surface area contributed by atoms with Crippen molar-refractivity contribution in [3.05, 3.63) is 35.4 Å². The van der Waals surface area contributed by atoms with Gasteiger partial charge in [0.15, 0.2) is 0 Å². The third-order valence-corrected chi connectivity index (χ3v) is 11.4. The highest BCUT2D eigenvalue weighted by atomic mass is 16.5. The van der Waals surface area contributed by atoms with Gasteiger partial charge in [-0.3, -0.25) is 4.79 Å². The molecule has 4 heteroatoms. The number of hydrogen-bond acceptors (Lipinski definition) is 3. The Labute approximate surface area is 218 Å². The van der Waals surface area contributed by atoms with Gasteiger partial charge < -0.3 is 9.64 Å². The minimum atomic E-state index is 0.0199. The highest BCUT2D eigenvalue weighted by molar-refractivity contribution is 5.80. The predicted octanol–water partition coefficient (Wildman–Crippen LogP) is 7.00. The first kappa shape index (κ1) is 25.8. The van der Waals surface area contributed by atoms with Crippen molar-refractivity contribution in [1.82, 2.24) is 4.90 Å². The van der Waals surface area contributed by atoms with Gasteiger partial charge in [-0.25, -0.2) is 0 Å². The van der Waals surface area contributed by atoms with Gasteiger partial charge in [-0.2, -0.15) is 5.26 Å². The largest absolute Gasteiger partial charge is 0.381 e. The first-order valence-corrected chi connectivity index (χ1v) is 14.7. The van der Waals surface area contributed by atoms with Gasteiger partial charge in [0.2, 0.25) is 5.91 Å². The summed E-state index contributed by atoms with van der Waals surface area (Å²) in [5, 5.41) is 9.12. The second-order valence-electron chi connectivity index (χ2n) is 12.8. The van der Waals surface area contributed by atoms with Gasteiger partial charge in [-0.15, -0.1) is 0 Å². The van der Waals surface area contributed by atoms with E-state index in [1.165, 1.54) is 51.4 Å². The molecule has 4 fully saturated rings. The number of benzene rings is 1. The Balaban J connectivity index is 1.25. The van der Waals surface area contributed by atoms with Crippen LogP contribution in [0.25, 0.3) is 0 Å². The van der Waals surface area contributed by atoms with E-state index < -0.39 is 0 Å². The van der Waals surface area contributed by atoms with Crippen LogP contribution in [0.15, 0.2) is 24.3 Å². The summed E-state index contributed by atoms with van der Waals surface area (Å²) >= 11 is 0. The lowest BCUT2D eigenvalue weighted by atomic mass is 9.49. The fraction of sp³-hybridized carbons (Fsp3) is 0.750. The molecule has 0 spiro atoms. The van der Waals surface area contributed by atoms with Crippen molar-refractivity contribution in [3.63, 3.8) is 0 Å². The van der Waals surface area contributed by atoms with Crippen LogP contribution in [-0.2, 0) is 9.53 Å². The predicted molar refractivity (Wildman–Crippen MR) is 143 cm³/mol. The van der Waals surface area contributed by atoms with Crippen molar-refractivity contribution in [2.45, 2.75) is 84.6 Å². The molecule has 36 heavy (non-hydrogen) atoms. The fourth-order valence-corrected chi connectivity index (χ4v) is 9.29. The molecule has 1 amide bonds. The number of carbonyl (C=O) groups excluding carboxylic acids is 1. The minimum absolute atomic E-state index is 0.0199. The second kappa shape index (κ2) is 10.5. The third kappa shape index (κ3) is 4.51. The lowest BCUT2D eigenvalue weighted by Crippen LogP contribution is -2.50. The Morgan fingerprint density at radius 3 is 2.56 bits per heavy atom. The summed E-state index contributed by atoms with van der Waals surface area (Å²) in [5.74, 6) is 5.51. The average molecular weight is 491 g/mol. The number of nitriles is 1. The minimum Gasteiger partial charge on any atom is -0.381 e. The molecule has 0 aromatic heterocycles. The van der Waals surface area contributed by atoms with Crippen LogP contribution in [0, 0.1) is 58.2 Å². The lowest BCUT2D eigenvalue weighted by Gasteiger charge is -2.56. The Morgan fingerprint density at radius 2 is 1.83 bits per heavy atom. The molecule has 0 radical (unpaired) electrons. The number of amides is 1. The van der Waals surface area contributed by atoms with Gasteiger partial charge in [-0.1, -0.05) is 19.1 Å². The van der Waals surface area contributed by atoms with E-state index in [2.05, 4.69) is 26.8 Å². The molecule has 0 aliphatic heterocycles. The van der Waals surface area contributed by atoms with Gasteiger partial charge in [0.1, 0.15) is 0 Å². The first-order chi connectivity index (χ1) is 17.4. The summed E-state index contributed by atoms with van der Waals surface area (Å²) in [4.78, 5) is 15.9. The second-order valence-corrected chi connectivity index (χ2v) is 12.8. The zero-order valence-electron chi connectivity index (χ0n) is 22.9. The van der Waals surface area contributed by atoms with Gasteiger partial charge in [0.05, 0.1) is 17.7 Å². The summed E-state index contributed by atoms with van der Waals surface area (Å²) < 4.78 is 5.79. The zero-order valence-corrected chi connectivity index (χ0v) is 22.9. The number of hydrogen-bond donors (Lipinski definition) is 0. The Bertz CT molecular complexity index is 967. The summed E-state index contributed by atoms with van der Waals surface area (Å²) in [6.07, 6.45) is 11.8. The molecule has 1 aromatic rings. The fourth-order valence-electron chi connectivity index (χ4n) is 9.29. The highest BCUT2D eigenvalue weighted by Crippen LogP contribution is 2.64. The standard InChI is InChI=1S/C32H46N2O2/c1-5-36-20-23-8-12-26-25(18-23)11-13-28-27(26)16-17-32(3)29(28)14-15-30(32)31(35)34(4)21(2)24-9-6-22(19-33)7-10-24/h6-7,9-10,21,23,25-30H,5,8,11-18,20H2,1-4H3. The molecule has 4 aliphatic rings. The Kier molecular flexibility index (Phi) is 7.51. The SMILES string of the molecule is CCOCC1CCC2C(CCC3C2CCC2(C)C(C(=O)N(C)C(C)c4ccc(C#N)cc4)CCC32)C1. The van der Waals surface area contributed by atoms with Crippen molar-refractivity contribution in [2.75, 3.05) is 20.3 Å². The molecule has 9 atom stereocenters. The van der Waals surface area contributed by atoms with Crippen molar-refractivity contribution >= 4 is 5.91 Å². The highest BCUT2D eigenvalue weighted by Gasteiger charge is 2.59. The van der Waals surface area contributed by atoms with Crippen molar-refractivity contribution < 1.29 is 9.53 Å². The van der Waals surface area contributed by atoms with Gasteiger partial charge >= 0.3 is 0 Å². The van der Waals surface area contributed by atoms with Crippen LogP contribution in [0.1, 0.15) is 95.7 Å². The molecule has 0 bridgehead atoms. The van der Waals surface area contributed by atoms with Crippen molar-refractivity contribution in [2.24, 2.45) is 46.8 Å². The number of nitrogens with zero attached hydrogens (tertiary/aromatic N) is 2. The van der Waals surface area contributed by atoms with E-state index >= 15 is 0 Å². The molecular formula is C32H46N2O2. The number of rotatable bonds is 6. The number of carbonyl (C=O) groups is 1. The molecular weight excluding hydrogens is 444 g/mol. The molecule has 5 rings (SSSR count). The number of ether oxygens (including phenoxy) is 1. The van der Waals surface area contributed by atoms with Gasteiger partial charge in [-0.05, 0) is 130 Å². The third-order valence-electron chi connectivity index (χ3n) is 11.4. The molecule has 0 N–H and O–H groups in total. The Hall–Kier alpha value is -1.86. The molecule has 9 unspecified atom stereocenters. The van der Waals surface area contributed by atoms with E-state index in [9.17, 15) is 4.79 Å². The van der Waals surface area contributed by atoms with Crippen LogP contribution >= 0.6 is 0 Å². The lowest BCUT2D eigenvalue weighted by molar-refractivity contribution is -0.144. The van der Waals surface area contributed by atoms with Crippen LogP contribution < -0.4 is 0 Å². The van der Waals surface area contributed by atoms with E-state index in [-0.39, 0.29) is 17.4 Å². The smallest absolute Gasteiger partial charge is 0.226 e. The monoisotopic (exact) mass is 490 g/mol. The van der Waals surface area contributed by atoms with E-state index in [1.807, 2.05) is 36.2 Å². The molecule has 4 nitrogen and oxygen atoms in total. The molecule has 4 saturated carbocycles.